The zero-order valence-electron chi connectivity index (χ0n) is 18.8. The fraction of sp³-hybridized carbons (Fsp3) is 0.385. The smallest absolute Gasteiger partial charge is 0.267 e. The fourth-order valence-electron chi connectivity index (χ4n) is 4.05. The number of nitrogens with zero attached hydrogens (tertiary/aromatic N) is 2. The molecular formula is C26H30N2O3S. The molecule has 0 atom stereocenters. The Morgan fingerprint density at radius 1 is 0.906 bits per heavy atom. The van der Waals surface area contributed by atoms with Crippen molar-refractivity contribution < 1.29 is 14.3 Å². The molecule has 5 nitrogen and oxygen atoms in total. The van der Waals surface area contributed by atoms with Gasteiger partial charge in [-0.25, -0.2) is 0 Å². The lowest BCUT2D eigenvalue weighted by Crippen LogP contribution is -2.39. The van der Waals surface area contributed by atoms with Gasteiger partial charge in [-0.3, -0.25) is 19.4 Å². The number of hydrogen-bond donors (Lipinski definition) is 0. The normalized spacial score (nSPS) is 17.5. The minimum atomic E-state index is -0.171. The molecule has 32 heavy (non-hydrogen) atoms. The maximum absolute atomic E-state index is 13.4. The lowest BCUT2D eigenvalue weighted by molar-refractivity contribution is -0.136. The summed E-state index contributed by atoms with van der Waals surface area (Å²) in [6.45, 7) is 8.72. The number of amides is 2. The zero-order valence-corrected chi connectivity index (χ0v) is 19.6. The Labute approximate surface area is 194 Å². The van der Waals surface area contributed by atoms with Gasteiger partial charge in [-0.1, -0.05) is 48.5 Å². The van der Waals surface area contributed by atoms with Crippen molar-refractivity contribution in [1.82, 2.24) is 9.80 Å². The number of imide groups is 1. The highest BCUT2D eigenvalue weighted by molar-refractivity contribution is 8.03. The number of ether oxygens (including phenoxy) is 1. The number of morpholine rings is 1. The molecule has 2 aliphatic rings. The van der Waals surface area contributed by atoms with Gasteiger partial charge in [0.05, 0.1) is 23.7 Å². The first-order valence-corrected chi connectivity index (χ1v) is 12.2. The molecular weight excluding hydrogens is 420 g/mol. The van der Waals surface area contributed by atoms with Crippen LogP contribution in [0.4, 0.5) is 0 Å². The van der Waals surface area contributed by atoms with E-state index in [1.54, 1.807) is 0 Å². The third kappa shape index (κ3) is 5.14. The van der Waals surface area contributed by atoms with Crippen LogP contribution in [0, 0.1) is 13.8 Å². The van der Waals surface area contributed by atoms with Crippen molar-refractivity contribution in [2.45, 2.75) is 26.0 Å². The molecule has 2 heterocycles. The Kier molecular flexibility index (Phi) is 7.45. The number of thioether (sulfide) groups is 1. The number of carbonyl (C=O) groups is 2. The zero-order chi connectivity index (χ0) is 22.5. The lowest BCUT2D eigenvalue weighted by Gasteiger charge is -2.27. The van der Waals surface area contributed by atoms with Crippen molar-refractivity contribution in [3.8, 4) is 0 Å². The molecule has 6 heteroatoms. The van der Waals surface area contributed by atoms with Gasteiger partial charge in [-0.2, -0.15) is 0 Å². The Morgan fingerprint density at radius 3 is 2.38 bits per heavy atom. The lowest BCUT2D eigenvalue weighted by atomic mass is 10.0. The number of benzene rings is 2. The van der Waals surface area contributed by atoms with Crippen LogP contribution in [0.5, 0.6) is 0 Å². The van der Waals surface area contributed by atoms with Crippen molar-refractivity contribution >= 4 is 29.1 Å². The van der Waals surface area contributed by atoms with Crippen molar-refractivity contribution in [2.24, 2.45) is 0 Å². The van der Waals surface area contributed by atoms with Gasteiger partial charge in [0.25, 0.3) is 11.8 Å². The summed E-state index contributed by atoms with van der Waals surface area (Å²) in [5.74, 6) is 0.326. The summed E-state index contributed by atoms with van der Waals surface area (Å²) in [4.78, 5) is 31.1. The molecule has 168 valence electrons. The standard InChI is InChI=1S/C26H30N2O3S/c1-19-9-10-22(17-20(19)2)23-24(32-18-21-7-4-3-5-8-21)26(30)28(25(23)29)12-6-11-27-13-15-31-16-14-27/h3-5,7-10,17H,6,11-16,18H2,1-2H3. The van der Waals surface area contributed by atoms with Crippen LogP contribution in [0.1, 0.15) is 28.7 Å². The Hall–Kier alpha value is -2.41. The molecule has 0 N–H and O–H groups in total. The largest absolute Gasteiger partial charge is 0.379 e. The number of hydrogen-bond acceptors (Lipinski definition) is 5. The predicted octanol–water partition coefficient (Wildman–Crippen LogP) is 4.04. The van der Waals surface area contributed by atoms with Gasteiger partial charge in [0.2, 0.25) is 0 Å². The Morgan fingerprint density at radius 2 is 1.66 bits per heavy atom. The predicted molar refractivity (Wildman–Crippen MR) is 129 cm³/mol. The molecule has 1 fully saturated rings. The highest BCUT2D eigenvalue weighted by atomic mass is 32.2. The minimum Gasteiger partial charge on any atom is -0.379 e. The van der Waals surface area contributed by atoms with Crippen LogP contribution in [-0.4, -0.2) is 61.0 Å². The molecule has 2 aromatic carbocycles. The number of aryl methyl sites for hydroxylation is 2. The van der Waals surface area contributed by atoms with Crippen molar-refractivity contribution in [3.05, 3.63) is 75.7 Å². The molecule has 2 amide bonds. The molecule has 2 aliphatic heterocycles. The molecule has 0 aliphatic carbocycles. The van der Waals surface area contributed by atoms with E-state index in [1.165, 1.54) is 22.2 Å². The van der Waals surface area contributed by atoms with Crippen LogP contribution >= 0.6 is 11.8 Å². The van der Waals surface area contributed by atoms with Crippen molar-refractivity contribution in [3.63, 3.8) is 0 Å². The minimum absolute atomic E-state index is 0.161. The molecule has 4 rings (SSSR count). The van der Waals surface area contributed by atoms with Crippen LogP contribution in [-0.2, 0) is 20.1 Å². The van der Waals surface area contributed by atoms with Crippen LogP contribution < -0.4 is 0 Å². The van der Waals surface area contributed by atoms with Gasteiger partial charge in [0.1, 0.15) is 0 Å². The van der Waals surface area contributed by atoms with Gasteiger partial charge < -0.3 is 4.74 Å². The molecule has 0 saturated carbocycles. The highest BCUT2D eigenvalue weighted by Crippen LogP contribution is 2.38. The number of carbonyl (C=O) groups excluding carboxylic acids is 2. The second kappa shape index (κ2) is 10.5. The van der Waals surface area contributed by atoms with Crippen molar-refractivity contribution in [2.75, 3.05) is 39.4 Å². The van der Waals surface area contributed by atoms with Crippen LogP contribution in [0.25, 0.3) is 5.57 Å². The van der Waals surface area contributed by atoms with E-state index < -0.39 is 0 Å². The third-order valence-corrected chi connectivity index (χ3v) is 7.25. The van der Waals surface area contributed by atoms with Crippen LogP contribution in [0.3, 0.4) is 0 Å². The average Bonchev–Trinajstić information content (AvgIpc) is 3.05. The van der Waals surface area contributed by atoms with Gasteiger partial charge in [0, 0.05) is 31.9 Å². The molecule has 0 spiro atoms. The van der Waals surface area contributed by atoms with Gasteiger partial charge in [-0.05, 0) is 42.5 Å². The summed E-state index contributed by atoms with van der Waals surface area (Å²) in [7, 11) is 0. The first kappa shape index (κ1) is 22.8. The quantitative estimate of drug-likeness (QED) is 0.568. The average molecular weight is 451 g/mol. The van der Waals surface area contributed by atoms with Crippen LogP contribution in [0.2, 0.25) is 0 Å². The summed E-state index contributed by atoms with van der Waals surface area (Å²) < 4.78 is 5.40. The van der Waals surface area contributed by atoms with Gasteiger partial charge in [0.15, 0.2) is 0 Å². The van der Waals surface area contributed by atoms with E-state index in [-0.39, 0.29) is 11.8 Å². The Balaban J connectivity index is 1.53. The molecule has 0 bridgehead atoms. The van der Waals surface area contributed by atoms with Gasteiger partial charge in [-0.15, -0.1) is 11.8 Å². The second-order valence-electron chi connectivity index (χ2n) is 8.35. The molecule has 1 saturated heterocycles. The highest BCUT2D eigenvalue weighted by Gasteiger charge is 2.39. The molecule has 0 unspecified atom stereocenters. The monoisotopic (exact) mass is 450 g/mol. The van der Waals surface area contributed by atoms with E-state index in [0.29, 0.717) is 22.8 Å². The maximum atomic E-state index is 13.4. The van der Waals surface area contributed by atoms with E-state index in [2.05, 4.69) is 11.8 Å². The summed E-state index contributed by atoms with van der Waals surface area (Å²) in [6, 6.07) is 16.1. The van der Waals surface area contributed by atoms with E-state index >= 15 is 0 Å². The first-order chi connectivity index (χ1) is 15.5. The summed E-state index contributed by atoms with van der Waals surface area (Å²) >= 11 is 1.47. The maximum Gasteiger partial charge on any atom is 0.267 e. The molecule has 0 radical (unpaired) electrons. The SMILES string of the molecule is Cc1ccc(C2=C(SCc3ccccc3)C(=O)N(CCCN3CCOCC3)C2=O)cc1C. The molecule has 2 aromatic rings. The van der Waals surface area contributed by atoms with Gasteiger partial charge >= 0.3 is 0 Å². The van der Waals surface area contributed by atoms with E-state index in [0.717, 1.165) is 56.0 Å². The number of rotatable bonds is 8. The van der Waals surface area contributed by atoms with E-state index in [1.807, 2.05) is 55.5 Å². The topological polar surface area (TPSA) is 49.9 Å². The fourth-order valence-corrected chi connectivity index (χ4v) is 5.14. The summed E-state index contributed by atoms with van der Waals surface area (Å²) in [6.07, 6.45) is 0.772. The van der Waals surface area contributed by atoms with Crippen molar-refractivity contribution in [1.29, 1.82) is 0 Å². The Bertz CT molecular complexity index is 1010. The van der Waals surface area contributed by atoms with Crippen LogP contribution in [0.15, 0.2) is 53.4 Å². The summed E-state index contributed by atoms with van der Waals surface area (Å²) in [5, 5.41) is 0. The summed E-state index contributed by atoms with van der Waals surface area (Å²) in [5.41, 5.74) is 4.80. The van der Waals surface area contributed by atoms with E-state index in [4.69, 9.17) is 4.74 Å². The third-order valence-electron chi connectivity index (χ3n) is 6.11. The van der Waals surface area contributed by atoms with E-state index in [9.17, 15) is 9.59 Å². The first-order valence-electron chi connectivity index (χ1n) is 11.2. The molecule has 0 aromatic heterocycles. The second-order valence-corrected chi connectivity index (χ2v) is 9.33.